The van der Waals surface area contributed by atoms with Crippen molar-refractivity contribution in [2.45, 2.75) is 6.92 Å². The lowest BCUT2D eigenvalue weighted by atomic mass is 10.2. The molecule has 0 fully saturated rings. The normalized spacial score (nSPS) is 10.9. The average molecular weight is 259 g/mol. The van der Waals surface area contributed by atoms with Crippen molar-refractivity contribution < 1.29 is 0 Å². The molecule has 1 aromatic carbocycles. The van der Waals surface area contributed by atoms with Gasteiger partial charge in [-0.05, 0) is 24.6 Å². The highest BCUT2D eigenvalue weighted by molar-refractivity contribution is 5.80. The third kappa shape index (κ3) is 3.01. The molecular weight excluding hydrogens is 242 g/mol. The van der Waals surface area contributed by atoms with Crippen molar-refractivity contribution >= 4 is 17.9 Å². The molecule has 0 aliphatic heterocycles. The van der Waals surface area contributed by atoms with Gasteiger partial charge in [0.15, 0.2) is 5.82 Å². The number of nitrogens with zero attached hydrogens (tertiary/aromatic N) is 5. The molecule has 19 heavy (non-hydrogen) atoms. The lowest BCUT2D eigenvalue weighted by molar-refractivity contribution is 0.926. The molecule has 0 radical (unpaired) electrons. The van der Waals surface area contributed by atoms with Crippen LogP contribution in [0.15, 0.2) is 29.4 Å². The molecule has 100 valence electrons. The van der Waals surface area contributed by atoms with Crippen LogP contribution >= 0.6 is 0 Å². The van der Waals surface area contributed by atoms with Crippen LogP contribution in [0, 0.1) is 6.92 Å². The molecule has 0 atom stereocenters. The number of aromatic nitrogens is 3. The van der Waals surface area contributed by atoms with Gasteiger partial charge in [0.2, 0.25) is 0 Å². The summed E-state index contributed by atoms with van der Waals surface area (Å²) in [5, 5.41) is 11.7. The van der Waals surface area contributed by atoms with Gasteiger partial charge in [0.05, 0.1) is 6.21 Å². The van der Waals surface area contributed by atoms with Crippen LogP contribution in [0.2, 0.25) is 0 Å². The average Bonchev–Trinajstić information content (AvgIpc) is 2.71. The first-order valence-electron chi connectivity index (χ1n) is 5.81. The number of hydrogen-bond acceptors (Lipinski definition) is 6. The maximum Gasteiger partial charge on any atom is 0.263 e. The van der Waals surface area contributed by atoms with Gasteiger partial charge in [0.1, 0.15) is 0 Å². The van der Waals surface area contributed by atoms with E-state index in [0.717, 1.165) is 11.3 Å². The van der Waals surface area contributed by atoms with Gasteiger partial charge in [-0.15, -0.1) is 10.2 Å². The third-order valence-electron chi connectivity index (χ3n) is 2.65. The largest absolute Gasteiger partial charge is 0.378 e. The van der Waals surface area contributed by atoms with Gasteiger partial charge in [-0.3, -0.25) is 0 Å². The first-order chi connectivity index (χ1) is 9.08. The van der Waals surface area contributed by atoms with E-state index >= 15 is 0 Å². The van der Waals surface area contributed by atoms with Crippen LogP contribution in [0.25, 0.3) is 0 Å². The summed E-state index contributed by atoms with van der Waals surface area (Å²) in [6.45, 7) is 1.77. The minimum absolute atomic E-state index is 0.402. The second-order valence-corrected chi connectivity index (χ2v) is 4.30. The molecule has 0 bridgehead atoms. The zero-order valence-corrected chi connectivity index (χ0v) is 11.2. The summed E-state index contributed by atoms with van der Waals surface area (Å²) in [6.07, 6.45) is 1.70. The number of nitrogen functional groups attached to an aromatic ring is 1. The fraction of sp³-hybridized carbons (Fsp3) is 0.250. The van der Waals surface area contributed by atoms with Crippen LogP contribution in [0.1, 0.15) is 11.4 Å². The molecule has 0 amide bonds. The molecule has 2 rings (SSSR count). The maximum absolute atomic E-state index is 5.68. The Morgan fingerprint density at radius 2 is 1.95 bits per heavy atom. The van der Waals surface area contributed by atoms with E-state index in [4.69, 9.17) is 5.84 Å². The summed E-state index contributed by atoms with van der Waals surface area (Å²) in [4.78, 5) is 2.04. The predicted octanol–water partition coefficient (Wildman–Crippen LogP) is 0.812. The lowest BCUT2D eigenvalue weighted by Gasteiger charge is -2.11. The summed E-state index contributed by atoms with van der Waals surface area (Å²) in [6, 6.07) is 8.02. The molecule has 0 spiro atoms. The topological polar surface area (TPSA) is 84.4 Å². The van der Waals surface area contributed by atoms with E-state index < -0.39 is 0 Å². The number of rotatable bonds is 4. The van der Waals surface area contributed by atoms with E-state index in [1.807, 2.05) is 43.3 Å². The Kier molecular flexibility index (Phi) is 3.65. The molecule has 0 aliphatic carbocycles. The van der Waals surface area contributed by atoms with Crippen molar-refractivity contribution in [3.05, 3.63) is 35.7 Å². The Morgan fingerprint density at radius 1 is 1.26 bits per heavy atom. The fourth-order valence-corrected chi connectivity index (χ4v) is 1.47. The van der Waals surface area contributed by atoms with E-state index in [2.05, 4.69) is 20.7 Å². The van der Waals surface area contributed by atoms with Crippen LogP contribution < -0.4 is 16.2 Å². The molecule has 3 N–H and O–H groups in total. The number of benzene rings is 1. The molecule has 1 heterocycles. The van der Waals surface area contributed by atoms with Crippen LogP contribution in [0.5, 0.6) is 0 Å². The van der Waals surface area contributed by atoms with Gasteiger partial charge in [-0.1, -0.05) is 12.1 Å². The fourth-order valence-electron chi connectivity index (χ4n) is 1.47. The van der Waals surface area contributed by atoms with Crippen LogP contribution in [0.4, 0.5) is 11.6 Å². The van der Waals surface area contributed by atoms with Gasteiger partial charge in [-0.2, -0.15) is 5.10 Å². The molecule has 1 aromatic heterocycles. The highest BCUT2D eigenvalue weighted by Gasteiger charge is 2.02. The van der Waals surface area contributed by atoms with Crippen LogP contribution in [-0.4, -0.2) is 35.2 Å². The number of hydrazone groups is 1. The second-order valence-electron chi connectivity index (χ2n) is 4.30. The van der Waals surface area contributed by atoms with Crippen molar-refractivity contribution in [3.8, 4) is 0 Å². The molecule has 0 aliphatic rings. The minimum Gasteiger partial charge on any atom is -0.378 e. The van der Waals surface area contributed by atoms with Gasteiger partial charge < -0.3 is 10.7 Å². The highest BCUT2D eigenvalue weighted by atomic mass is 15.5. The summed E-state index contributed by atoms with van der Waals surface area (Å²) in [5.74, 6) is 6.71. The van der Waals surface area contributed by atoms with Crippen molar-refractivity contribution in [1.82, 2.24) is 14.9 Å². The number of nitrogens with one attached hydrogen (secondary N) is 1. The van der Waals surface area contributed by atoms with Gasteiger partial charge in [0, 0.05) is 19.8 Å². The van der Waals surface area contributed by atoms with E-state index in [0.29, 0.717) is 11.8 Å². The van der Waals surface area contributed by atoms with E-state index in [1.165, 1.54) is 4.68 Å². The smallest absolute Gasteiger partial charge is 0.263 e. The summed E-state index contributed by atoms with van der Waals surface area (Å²) in [7, 11) is 4.00. The van der Waals surface area contributed by atoms with Crippen LogP contribution in [-0.2, 0) is 0 Å². The van der Waals surface area contributed by atoms with E-state index in [-0.39, 0.29) is 0 Å². The van der Waals surface area contributed by atoms with Gasteiger partial charge in [-0.25, -0.2) is 10.1 Å². The molecule has 0 unspecified atom stereocenters. The number of anilines is 2. The predicted molar refractivity (Wildman–Crippen MR) is 76.9 cm³/mol. The highest BCUT2D eigenvalue weighted by Crippen LogP contribution is 2.11. The SMILES string of the molecule is Cc1nnc(N/N=C/c2ccc(N(C)C)cc2)n1N. The summed E-state index contributed by atoms with van der Waals surface area (Å²) in [5.41, 5.74) is 4.87. The zero-order valence-electron chi connectivity index (χ0n) is 11.2. The molecular formula is C12H17N7. The monoisotopic (exact) mass is 259 g/mol. The molecule has 0 saturated heterocycles. The molecule has 0 saturated carbocycles. The van der Waals surface area contributed by atoms with Crippen LogP contribution in [0.3, 0.4) is 0 Å². The van der Waals surface area contributed by atoms with E-state index in [9.17, 15) is 0 Å². The number of aryl methyl sites for hydroxylation is 1. The standard InChI is InChI=1S/C12H17N7/c1-9-15-17-12(19(9)13)16-14-8-10-4-6-11(7-5-10)18(2)3/h4-8H,13H2,1-3H3,(H,16,17)/b14-8+. The Balaban J connectivity index is 2.01. The van der Waals surface area contributed by atoms with Gasteiger partial charge >= 0.3 is 0 Å². The first-order valence-corrected chi connectivity index (χ1v) is 5.81. The number of hydrogen-bond donors (Lipinski definition) is 2. The Morgan fingerprint density at radius 3 is 2.47 bits per heavy atom. The van der Waals surface area contributed by atoms with Gasteiger partial charge in [0.25, 0.3) is 5.95 Å². The zero-order chi connectivity index (χ0) is 13.8. The first kappa shape index (κ1) is 12.9. The third-order valence-corrected chi connectivity index (χ3v) is 2.65. The van der Waals surface area contributed by atoms with Crippen molar-refractivity contribution in [1.29, 1.82) is 0 Å². The van der Waals surface area contributed by atoms with E-state index in [1.54, 1.807) is 13.1 Å². The second kappa shape index (κ2) is 5.38. The van der Waals surface area contributed by atoms with Crippen molar-refractivity contribution in [3.63, 3.8) is 0 Å². The summed E-state index contributed by atoms with van der Waals surface area (Å²) < 4.78 is 1.34. The van der Waals surface area contributed by atoms with Crippen molar-refractivity contribution in [2.24, 2.45) is 5.10 Å². The molecule has 7 heteroatoms. The Labute approximate surface area is 111 Å². The Bertz CT molecular complexity index is 568. The Hall–Kier alpha value is -2.57. The maximum atomic E-state index is 5.68. The lowest BCUT2D eigenvalue weighted by Crippen LogP contribution is -2.13. The molecule has 2 aromatic rings. The van der Waals surface area contributed by atoms with Crippen molar-refractivity contribution in [2.75, 3.05) is 30.3 Å². The quantitative estimate of drug-likeness (QED) is 0.482. The molecule has 7 nitrogen and oxygen atoms in total. The number of nitrogens with two attached hydrogens (primary N) is 1. The minimum atomic E-state index is 0.402. The summed E-state index contributed by atoms with van der Waals surface area (Å²) >= 11 is 0.